The highest BCUT2D eigenvalue weighted by molar-refractivity contribution is 7.18. The van der Waals surface area contributed by atoms with Gasteiger partial charge in [0.05, 0.1) is 34.1 Å². The zero-order chi connectivity index (χ0) is 24.0. The summed E-state index contributed by atoms with van der Waals surface area (Å²) in [7, 11) is 1.52. The Morgan fingerprint density at radius 3 is 2.85 bits per heavy atom. The molecular weight excluding hydrogens is 475 g/mol. The number of ketones is 1. The van der Waals surface area contributed by atoms with Crippen LogP contribution in [0.25, 0.3) is 0 Å². The summed E-state index contributed by atoms with van der Waals surface area (Å²) < 4.78 is 26.2. The van der Waals surface area contributed by atoms with E-state index in [9.17, 15) is 18.8 Å². The molecule has 0 spiro atoms. The minimum absolute atomic E-state index is 0.0901. The number of rotatable bonds is 11. The number of carbonyl (C=O) groups is 3. The number of aliphatic hydroxyl groups excluding tert-OH is 1. The number of Topliss-reactive ketones (excluding diaryl/α,β-unsaturated/α-hetero) is 1. The second-order valence-corrected chi connectivity index (χ2v) is 9.49. The maximum Gasteiger partial charge on any atom is 0.414 e. The minimum atomic E-state index is -0.673. The molecule has 0 radical (unpaired) electrons. The van der Waals surface area contributed by atoms with Crippen LogP contribution in [0.3, 0.4) is 0 Å². The number of carbonyl (C=O) groups excluding carboxylic acids is 3. The van der Waals surface area contributed by atoms with Gasteiger partial charge in [-0.3, -0.25) is 14.5 Å². The number of hydrogen-bond donors (Lipinski definition) is 2. The summed E-state index contributed by atoms with van der Waals surface area (Å²) in [5.41, 5.74) is 0.936. The second kappa shape index (κ2) is 11.7. The van der Waals surface area contributed by atoms with Crippen molar-refractivity contribution in [3.05, 3.63) is 44.5 Å². The van der Waals surface area contributed by atoms with E-state index >= 15 is 0 Å². The number of hydrogen-bond acceptors (Lipinski definition) is 7. The van der Waals surface area contributed by atoms with E-state index in [1.54, 1.807) is 12.1 Å². The summed E-state index contributed by atoms with van der Waals surface area (Å²) in [5, 5.41) is 11.5. The SMILES string of the molecule is COC1CC(N2CC(CNC(=O)c3ccc(Cl)s3)OC2=O)=C(F)C=C1CCCCC(=O)CO. The summed E-state index contributed by atoms with van der Waals surface area (Å²) in [6, 6.07) is 3.23. The standard InChI is InChI=1S/C22H26ClFN2O6S/c1-31-18-9-17(16(24)8-13(18)4-2-3-5-14(28)12-27)26-11-15(32-22(26)30)10-25-21(29)19-6-7-20(23)33-19/h6-8,15,18,27H,2-5,9-12H2,1H3,(H,25,29). The van der Waals surface area contributed by atoms with Gasteiger partial charge in [-0.1, -0.05) is 11.6 Å². The van der Waals surface area contributed by atoms with Crippen LogP contribution in [-0.4, -0.2) is 66.8 Å². The molecule has 1 aliphatic carbocycles. The number of methoxy groups -OCH3 is 1. The second-order valence-electron chi connectivity index (χ2n) is 7.78. The highest BCUT2D eigenvalue weighted by Gasteiger charge is 2.37. The molecule has 2 amide bonds. The Balaban J connectivity index is 1.58. The average molecular weight is 501 g/mol. The molecule has 3 rings (SSSR count). The lowest BCUT2D eigenvalue weighted by Crippen LogP contribution is -2.35. The quantitative estimate of drug-likeness (QED) is 0.450. The largest absolute Gasteiger partial charge is 0.442 e. The molecule has 1 aromatic rings. The van der Waals surface area contributed by atoms with Gasteiger partial charge in [0.15, 0.2) is 5.78 Å². The molecule has 2 aliphatic rings. The molecule has 2 heterocycles. The van der Waals surface area contributed by atoms with Crippen molar-refractivity contribution in [1.82, 2.24) is 10.2 Å². The number of aliphatic hydroxyl groups is 1. The smallest absolute Gasteiger partial charge is 0.414 e. The van der Waals surface area contributed by atoms with Crippen LogP contribution >= 0.6 is 22.9 Å². The number of thiophene rings is 1. The van der Waals surface area contributed by atoms with Crippen molar-refractivity contribution in [3.63, 3.8) is 0 Å². The van der Waals surface area contributed by atoms with Gasteiger partial charge < -0.3 is 19.9 Å². The number of ether oxygens (including phenoxy) is 2. The van der Waals surface area contributed by atoms with Crippen molar-refractivity contribution in [2.24, 2.45) is 0 Å². The average Bonchev–Trinajstić information content (AvgIpc) is 3.40. The topological polar surface area (TPSA) is 105 Å². The van der Waals surface area contributed by atoms with E-state index < -0.39 is 30.7 Å². The first kappa shape index (κ1) is 25.4. The first-order valence-corrected chi connectivity index (χ1v) is 11.8. The number of amides is 2. The first-order chi connectivity index (χ1) is 15.8. The van der Waals surface area contributed by atoms with Crippen molar-refractivity contribution in [2.45, 2.75) is 44.3 Å². The van der Waals surface area contributed by atoms with Crippen molar-refractivity contribution < 1.29 is 33.4 Å². The van der Waals surface area contributed by atoms with Gasteiger partial charge in [-0.25, -0.2) is 9.18 Å². The Morgan fingerprint density at radius 2 is 2.18 bits per heavy atom. The summed E-state index contributed by atoms with van der Waals surface area (Å²) in [5.74, 6) is -1.07. The summed E-state index contributed by atoms with van der Waals surface area (Å²) in [4.78, 5) is 37.5. The molecule has 0 aromatic carbocycles. The number of nitrogens with zero attached hydrogens (tertiary/aromatic N) is 1. The van der Waals surface area contributed by atoms with E-state index in [1.807, 2.05) is 0 Å². The van der Waals surface area contributed by atoms with Crippen molar-refractivity contribution >= 4 is 40.7 Å². The van der Waals surface area contributed by atoms with Crippen LogP contribution in [0.2, 0.25) is 4.34 Å². The highest BCUT2D eigenvalue weighted by atomic mass is 35.5. The Hall–Kier alpha value is -2.27. The molecule has 33 heavy (non-hydrogen) atoms. The summed E-state index contributed by atoms with van der Waals surface area (Å²) in [6.07, 6.45) is 1.93. The fourth-order valence-corrected chi connectivity index (χ4v) is 4.72. The predicted octanol–water partition coefficient (Wildman–Crippen LogP) is 3.60. The molecule has 1 fully saturated rings. The van der Waals surface area contributed by atoms with Crippen molar-refractivity contribution in [3.8, 4) is 0 Å². The minimum Gasteiger partial charge on any atom is -0.442 e. The Labute approximate surface area is 200 Å². The van der Waals surface area contributed by atoms with Crippen LogP contribution in [-0.2, 0) is 14.3 Å². The fourth-order valence-electron chi connectivity index (χ4n) is 3.76. The molecule has 1 saturated heterocycles. The van der Waals surface area contributed by atoms with Gasteiger partial charge >= 0.3 is 6.09 Å². The van der Waals surface area contributed by atoms with Crippen LogP contribution in [0.4, 0.5) is 9.18 Å². The van der Waals surface area contributed by atoms with Gasteiger partial charge in [-0.15, -0.1) is 11.3 Å². The lowest BCUT2D eigenvalue weighted by atomic mass is 9.93. The van der Waals surface area contributed by atoms with Crippen LogP contribution < -0.4 is 5.32 Å². The van der Waals surface area contributed by atoms with Crippen LogP contribution in [0.5, 0.6) is 0 Å². The molecule has 8 nitrogen and oxygen atoms in total. The number of allylic oxidation sites excluding steroid dienone is 2. The Kier molecular flexibility index (Phi) is 9.02. The molecular formula is C22H26ClFN2O6S. The number of halogens is 2. The number of unbranched alkanes of at least 4 members (excludes halogenated alkanes) is 1. The van der Waals surface area contributed by atoms with Gasteiger partial charge in [-0.2, -0.15) is 0 Å². The molecule has 0 saturated carbocycles. The van der Waals surface area contributed by atoms with Crippen molar-refractivity contribution in [1.29, 1.82) is 0 Å². The number of nitrogens with one attached hydrogen (secondary N) is 1. The van der Waals surface area contributed by atoms with Gasteiger partial charge in [0.1, 0.15) is 18.5 Å². The van der Waals surface area contributed by atoms with Gasteiger partial charge in [0, 0.05) is 20.0 Å². The molecule has 2 N–H and O–H groups in total. The van der Waals surface area contributed by atoms with Crippen LogP contribution in [0, 0.1) is 0 Å². The summed E-state index contributed by atoms with van der Waals surface area (Å²) >= 11 is 6.99. The van der Waals surface area contributed by atoms with Gasteiger partial charge in [0.2, 0.25) is 0 Å². The lowest BCUT2D eigenvalue weighted by Gasteiger charge is -2.28. The van der Waals surface area contributed by atoms with Crippen molar-refractivity contribution in [2.75, 3.05) is 26.8 Å². The zero-order valence-electron chi connectivity index (χ0n) is 18.1. The molecule has 1 aromatic heterocycles. The van der Waals surface area contributed by atoms with E-state index in [4.69, 9.17) is 26.2 Å². The van der Waals surface area contributed by atoms with E-state index in [0.717, 1.165) is 16.9 Å². The molecule has 11 heteroatoms. The highest BCUT2D eigenvalue weighted by Crippen LogP contribution is 2.34. The van der Waals surface area contributed by atoms with E-state index in [0.29, 0.717) is 28.5 Å². The van der Waals surface area contributed by atoms with Gasteiger partial charge in [-0.05, 0) is 43.0 Å². The number of cyclic esters (lactones) is 1. The maximum atomic E-state index is 14.9. The van der Waals surface area contributed by atoms with Crippen LogP contribution in [0.1, 0.15) is 41.8 Å². The van der Waals surface area contributed by atoms with E-state index in [-0.39, 0.29) is 43.3 Å². The third-order valence-electron chi connectivity index (χ3n) is 5.50. The Morgan fingerprint density at radius 1 is 1.39 bits per heavy atom. The lowest BCUT2D eigenvalue weighted by molar-refractivity contribution is -0.121. The normalized spacial score (nSPS) is 20.7. The van der Waals surface area contributed by atoms with E-state index in [1.165, 1.54) is 18.1 Å². The molecule has 1 aliphatic heterocycles. The monoisotopic (exact) mass is 500 g/mol. The molecule has 2 atom stereocenters. The zero-order valence-corrected chi connectivity index (χ0v) is 19.7. The predicted molar refractivity (Wildman–Crippen MR) is 121 cm³/mol. The third kappa shape index (κ3) is 6.63. The molecule has 2 unspecified atom stereocenters. The first-order valence-electron chi connectivity index (χ1n) is 10.6. The maximum absolute atomic E-state index is 14.9. The van der Waals surface area contributed by atoms with Crippen LogP contribution in [0.15, 0.2) is 35.3 Å². The molecule has 180 valence electrons. The molecule has 0 bridgehead atoms. The van der Waals surface area contributed by atoms with E-state index in [2.05, 4.69) is 5.32 Å². The van der Waals surface area contributed by atoms with Gasteiger partial charge in [0.25, 0.3) is 5.91 Å². The third-order valence-corrected chi connectivity index (χ3v) is 6.73. The summed E-state index contributed by atoms with van der Waals surface area (Å²) in [6.45, 7) is -0.272. The fraction of sp³-hybridized carbons (Fsp3) is 0.500. The Bertz CT molecular complexity index is 962.